The van der Waals surface area contributed by atoms with Crippen LogP contribution in [0.25, 0.3) is 0 Å². The lowest BCUT2D eigenvalue weighted by Crippen LogP contribution is -2.15. The van der Waals surface area contributed by atoms with Gasteiger partial charge in [-0.15, -0.1) is 0 Å². The van der Waals surface area contributed by atoms with Crippen molar-refractivity contribution in [2.75, 3.05) is 0 Å². The van der Waals surface area contributed by atoms with Crippen LogP contribution in [0.3, 0.4) is 0 Å². The fourth-order valence-corrected chi connectivity index (χ4v) is 3.47. The van der Waals surface area contributed by atoms with Crippen LogP contribution in [-0.2, 0) is 0 Å². The maximum atomic E-state index is 14.0. The van der Waals surface area contributed by atoms with Crippen LogP contribution in [0.5, 0.6) is 0 Å². The Kier molecular flexibility index (Phi) is 5.11. The number of halogens is 3. The Morgan fingerprint density at radius 2 is 1.80 bits per heavy atom. The highest BCUT2D eigenvalue weighted by Crippen LogP contribution is 2.41. The second-order valence-electron chi connectivity index (χ2n) is 6.01. The van der Waals surface area contributed by atoms with Crippen molar-refractivity contribution >= 4 is 0 Å². The number of rotatable bonds is 4. The second-order valence-corrected chi connectivity index (χ2v) is 6.01. The molecule has 0 aromatic heterocycles. The molecular formula is C17H23F3. The minimum atomic E-state index is -2.72. The SMILES string of the molecule is CCCC1CCC(c2ccc(C)c(F)c2C(F)F)CC1. The minimum absolute atomic E-state index is 0.0993. The lowest BCUT2D eigenvalue weighted by molar-refractivity contribution is 0.143. The molecule has 0 aliphatic heterocycles. The predicted molar refractivity (Wildman–Crippen MR) is 75.7 cm³/mol. The molecule has 0 spiro atoms. The minimum Gasteiger partial charge on any atom is -0.206 e. The first-order chi connectivity index (χ1) is 9.54. The molecule has 112 valence electrons. The van der Waals surface area contributed by atoms with Crippen LogP contribution in [-0.4, -0.2) is 0 Å². The van der Waals surface area contributed by atoms with Crippen molar-refractivity contribution in [3.8, 4) is 0 Å². The van der Waals surface area contributed by atoms with Gasteiger partial charge in [-0.3, -0.25) is 0 Å². The van der Waals surface area contributed by atoms with Gasteiger partial charge in [-0.2, -0.15) is 0 Å². The Morgan fingerprint density at radius 3 is 2.35 bits per heavy atom. The van der Waals surface area contributed by atoms with Crippen molar-refractivity contribution in [2.24, 2.45) is 5.92 Å². The van der Waals surface area contributed by atoms with E-state index in [0.717, 1.165) is 31.6 Å². The molecule has 0 nitrogen and oxygen atoms in total. The molecule has 3 heteroatoms. The molecule has 0 bridgehead atoms. The zero-order valence-electron chi connectivity index (χ0n) is 12.3. The van der Waals surface area contributed by atoms with Gasteiger partial charge in [0.1, 0.15) is 5.82 Å². The molecule has 1 aromatic rings. The average Bonchev–Trinajstić information content (AvgIpc) is 2.42. The van der Waals surface area contributed by atoms with Crippen molar-refractivity contribution in [3.05, 3.63) is 34.6 Å². The highest BCUT2D eigenvalue weighted by molar-refractivity contribution is 5.37. The van der Waals surface area contributed by atoms with E-state index in [0.29, 0.717) is 11.1 Å². The van der Waals surface area contributed by atoms with E-state index in [4.69, 9.17) is 0 Å². The summed E-state index contributed by atoms with van der Waals surface area (Å²) in [6.07, 6.45) is 3.65. The molecule has 0 N–H and O–H groups in total. The van der Waals surface area contributed by atoms with E-state index in [1.807, 2.05) is 0 Å². The van der Waals surface area contributed by atoms with Gasteiger partial charge in [0, 0.05) is 0 Å². The molecule has 0 saturated heterocycles. The Balaban J connectivity index is 2.20. The van der Waals surface area contributed by atoms with Crippen molar-refractivity contribution < 1.29 is 13.2 Å². The summed E-state index contributed by atoms with van der Waals surface area (Å²) in [4.78, 5) is 0. The summed E-state index contributed by atoms with van der Waals surface area (Å²) in [7, 11) is 0. The Hall–Kier alpha value is -0.990. The van der Waals surface area contributed by atoms with Crippen LogP contribution in [0.4, 0.5) is 13.2 Å². The second kappa shape index (κ2) is 6.64. The lowest BCUT2D eigenvalue weighted by Gasteiger charge is -2.30. The standard InChI is InChI=1S/C17H23F3/c1-3-4-12-6-8-13(9-7-12)14-10-5-11(2)16(18)15(14)17(19)20/h5,10,12-13,17H,3-4,6-9H2,1-2H3. The van der Waals surface area contributed by atoms with E-state index in [1.165, 1.54) is 12.8 Å². The quantitative estimate of drug-likeness (QED) is 0.622. The molecule has 0 amide bonds. The lowest BCUT2D eigenvalue weighted by atomic mass is 9.76. The maximum absolute atomic E-state index is 14.0. The molecule has 0 atom stereocenters. The monoisotopic (exact) mass is 284 g/mol. The fraction of sp³-hybridized carbons (Fsp3) is 0.647. The first kappa shape index (κ1) is 15.4. The van der Waals surface area contributed by atoms with Crippen LogP contribution in [0.1, 0.15) is 74.5 Å². The van der Waals surface area contributed by atoms with Gasteiger partial charge in [0.2, 0.25) is 0 Å². The molecule has 0 unspecified atom stereocenters. The van der Waals surface area contributed by atoms with E-state index in [2.05, 4.69) is 6.92 Å². The van der Waals surface area contributed by atoms with E-state index < -0.39 is 12.2 Å². The zero-order chi connectivity index (χ0) is 14.7. The summed E-state index contributed by atoms with van der Waals surface area (Å²) in [5.41, 5.74) is 0.491. The molecular weight excluding hydrogens is 261 g/mol. The van der Waals surface area contributed by atoms with Crippen LogP contribution in [0, 0.1) is 18.7 Å². The third kappa shape index (κ3) is 3.18. The maximum Gasteiger partial charge on any atom is 0.266 e. The molecule has 1 saturated carbocycles. The van der Waals surface area contributed by atoms with E-state index in [1.54, 1.807) is 19.1 Å². The number of alkyl halides is 2. The number of aryl methyl sites for hydroxylation is 1. The van der Waals surface area contributed by atoms with Gasteiger partial charge in [0.05, 0.1) is 5.56 Å². The Labute approximate surface area is 119 Å². The summed E-state index contributed by atoms with van der Waals surface area (Å²) in [5.74, 6) is 0.108. The Morgan fingerprint density at radius 1 is 1.15 bits per heavy atom. The smallest absolute Gasteiger partial charge is 0.206 e. The van der Waals surface area contributed by atoms with Crippen LogP contribution < -0.4 is 0 Å². The van der Waals surface area contributed by atoms with Crippen molar-refractivity contribution in [1.82, 2.24) is 0 Å². The fourth-order valence-electron chi connectivity index (χ4n) is 3.47. The van der Waals surface area contributed by atoms with Gasteiger partial charge < -0.3 is 0 Å². The summed E-state index contributed by atoms with van der Waals surface area (Å²) in [6, 6.07) is 3.35. The molecule has 2 rings (SSSR count). The molecule has 1 aliphatic carbocycles. The molecule has 1 aliphatic rings. The van der Waals surface area contributed by atoms with Gasteiger partial charge in [-0.05, 0) is 55.6 Å². The topological polar surface area (TPSA) is 0 Å². The summed E-state index contributed by atoms with van der Waals surface area (Å²) in [6.45, 7) is 3.72. The third-order valence-electron chi connectivity index (χ3n) is 4.61. The van der Waals surface area contributed by atoms with E-state index >= 15 is 0 Å². The van der Waals surface area contributed by atoms with Crippen molar-refractivity contribution in [2.45, 2.75) is 64.7 Å². The van der Waals surface area contributed by atoms with Crippen molar-refractivity contribution in [1.29, 1.82) is 0 Å². The average molecular weight is 284 g/mol. The van der Waals surface area contributed by atoms with Crippen LogP contribution >= 0.6 is 0 Å². The molecule has 20 heavy (non-hydrogen) atoms. The van der Waals surface area contributed by atoms with Gasteiger partial charge >= 0.3 is 0 Å². The number of hydrogen-bond donors (Lipinski definition) is 0. The first-order valence-electron chi connectivity index (χ1n) is 7.61. The zero-order valence-corrected chi connectivity index (χ0v) is 12.3. The third-order valence-corrected chi connectivity index (χ3v) is 4.61. The van der Waals surface area contributed by atoms with Gasteiger partial charge in [0.15, 0.2) is 0 Å². The van der Waals surface area contributed by atoms with Gasteiger partial charge in [-0.25, -0.2) is 13.2 Å². The summed E-state index contributed by atoms with van der Waals surface area (Å²) < 4.78 is 40.3. The van der Waals surface area contributed by atoms with Crippen molar-refractivity contribution in [3.63, 3.8) is 0 Å². The molecule has 1 fully saturated rings. The number of hydrogen-bond acceptors (Lipinski definition) is 0. The first-order valence-corrected chi connectivity index (χ1v) is 7.61. The predicted octanol–water partition coefficient (Wildman–Crippen LogP) is 6.15. The van der Waals surface area contributed by atoms with Gasteiger partial charge in [-0.1, -0.05) is 31.9 Å². The van der Waals surface area contributed by atoms with Gasteiger partial charge in [0.25, 0.3) is 6.43 Å². The highest BCUT2D eigenvalue weighted by atomic mass is 19.3. The van der Waals surface area contributed by atoms with Crippen LogP contribution in [0.2, 0.25) is 0 Å². The largest absolute Gasteiger partial charge is 0.266 e. The normalized spacial score (nSPS) is 23.3. The Bertz CT molecular complexity index is 446. The van der Waals surface area contributed by atoms with E-state index in [9.17, 15) is 13.2 Å². The highest BCUT2D eigenvalue weighted by Gasteiger charge is 2.28. The van der Waals surface area contributed by atoms with Crippen LogP contribution in [0.15, 0.2) is 12.1 Å². The number of benzene rings is 1. The molecule has 0 radical (unpaired) electrons. The summed E-state index contributed by atoms with van der Waals surface area (Å²) >= 11 is 0. The van der Waals surface area contributed by atoms with E-state index in [-0.39, 0.29) is 11.5 Å². The summed E-state index contributed by atoms with van der Waals surface area (Å²) in [5, 5.41) is 0. The molecule has 1 aromatic carbocycles. The molecule has 0 heterocycles.